The summed E-state index contributed by atoms with van der Waals surface area (Å²) in [5, 5.41) is 14.0. The van der Waals surface area contributed by atoms with Gasteiger partial charge in [0.05, 0.1) is 24.4 Å². The Morgan fingerprint density at radius 1 is 1.15 bits per heavy atom. The van der Waals surface area contributed by atoms with Crippen LogP contribution in [0.15, 0.2) is 33.6 Å². The predicted octanol–water partition coefficient (Wildman–Crippen LogP) is 3.34. The topological polar surface area (TPSA) is 110 Å². The van der Waals surface area contributed by atoms with Crippen LogP contribution >= 0.6 is 11.6 Å². The highest BCUT2D eigenvalue weighted by Crippen LogP contribution is 2.39. The summed E-state index contributed by atoms with van der Waals surface area (Å²) in [6.07, 6.45) is 4.21. The maximum absolute atomic E-state index is 12.7. The van der Waals surface area contributed by atoms with E-state index in [0.29, 0.717) is 52.8 Å². The van der Waals surface area contributed by atoms with Gasteiger partial charge in [-0.25, -0.2) is 9.97 Å². The van der Waals surface area contributed by atoms with E-state index in [1.165, 1.54) is 0 Å². The fourth-order valence-electron chi connectivity index (χ4n) is 4.67. The van der Waals surface area contributed by atoms with Crippen molar-refractivity contribution in [1.29, 1.82) is 0 Å². The summed E-state index contributed by atoms with van der Waals surface area (Å²) in [5.41, 5.74) is 2.29. The molecule has 0 amide bonds. The summed E-state index contributed by atoms with van der Waals surface area (Å²) < 4.78 is 18.8. The molecule has 1 aromatic carbocycles. The van der Waals surface area contributed by atoms with E-state index in [2.05, 4.69) is 15.2 Å². The zero-order valence-corrected chi connectivity index (χ0v) is 19.6. The molecule has 0 saturated heterocycles. The average molecular weight is 486 g/mol. The van der Waals surface area contributed by atoms with E-state index in [4.69, 9.17) is 26.0 Å². The number of rotatable bonds is 5. The van der Waals surface area contributed by atoms with E-state index >= 15 is 0 Å². The molecular formula is C23H24ClN5O3S. The number of aliphatic hydroxyl groups is 1. The van der Waals surface area contributed by atoms with Crippen molar-refractivity contribution >= 4 is 34.5 Å². The Hall–Kier alpha value is -2.33. The molecule has 4 heterocycles. The van der Waals surface area contributed by atoms with Gasteiger partial charge in [-0.1, -0.05) is 11.6 Å². The number of nitrogens with zero attached hydrogens (tertiary/aromatic N) is 4. The fraction of sp³-hybridized carbons (Fsp3) is 0.435. The van der Waals surface area contributed by atoms with Gasteiger partial charge in [-0.15, -0.1) is 0 Å². The van der Waals surface area contributed by atoms with Crippen LogP contribution in [0.25, 0.3) is 11.5 Å². The van der Waals surface area contributed by atoms with E-state index in [1.54, 1.807) is 0 Å². The number of benzene rings is 1. The Labute approximate surface area is 199 Å². The lowest BCUT2D eigenvalue weighted by Crippen LogP contribution is -2.49. The molecule has 1 fully saturated rings. The van der Waals surface area contributed by atoms with Crippen molar-refractivity contribution in [3.8, 4) is 11.5 Å². The molecule has 3 aliphatic rings. The number of aryl methyl sites for hydroxylation is 1. The molecule has 2 N–H and O–H groups in total. The molecule has 8 nitrogen and oxygen atoms in total. The first-order chi connectivity index (χ1) is 16.0. The number of aliphatic hydroxyl groups excluding tert-OH is 1. The van der Waals surface area contributed by atoms with Gasteiger partial charge in [-0.2, -0.15) is 4.98 Å². The van der Waals surface area contributed by atoms with Crippen molar-refractivity contribution < 1.29 is 14.1 Å². The minimum atomic E-state index is -1.12. The Balaban J connectivity index is 1.30. The minimum Gasteiger partial charge on any atom is -0.611 e. The van der Waals surface area contributed by atoms with Gasteiger partial charge in [0.25, 0.3) is 0 Å². The van der Waals surface area contributed by atoms with Gasteiger partial charge in [0.15, 0.2) is 5.82 Å². The summed E-state index contributed by atoms with van der Waals surface area (Å²) >= 11 is 4.88. The number of oxazole rings is 1. The molecular weight excluding hydrogens is 462 g/mol. The van der Waals surface area contributed by atoms with E-state index in [-0.39, 0.29) is 12.1 Å². The summed E-state index contributed by atoms with van der Waals surface area (Å²) in [5.74, 6) is 3.15. The number of hydrogen-bond donors (Lipinski definition) is 2. The van der Waals surface area contributed by atoms with Crippen molar-refractivity contribution in [3.05, 3.63) is 46.4 Å². The molecule has 1 saturated carbocycles. The van der Waals surface area contributed by atoms with Crippen molar-refractivity contribution in [2.75, 3.05) is 29.1 Å². The fourth-order valence-corrected chi connectivity index (χ4v) is 6.10. The highest BCUT2D eigenvalue weighted by molar-refractivity contribution is 7.91. The second-order valence-electron chi connectivity index (χ2n) is 8.93. The number of fused-ring (bicyclic) bond motifs is 2. The summed E-state index contributed by atoms with van der Waals surface area (Å²) in [6, 6.07) is 7.45. The van der Waals surface area contributed by atoms with Gasteiger partial charge in [0.1, 0.15) is 17.2 Å². The third-order valence-electron chi connectivity index (χ3n) is 6.78. The third-order valence-corrected chi connectivity index (χ3v) is 8.49. The van der Waals surface area contributed by atoms with Crippen LogP contribution < -0.4 is 10.2 Å². The molecule has 0 radical (unpaired) electrons. The Bertz CT molecular complexity index is 1190. The number of anilines is 2. The molecule has 0 spiro atoms. The zero-order valence-electron chi connectivity index (χ0n) is 18.0. The number of halogens is 1. The average Bonchev–Trinajstić information content (AvgIpc) is 3.39. The Morgan fingerprint density at radius 2 is 1.97 bits per heavy atom. The van der Waals surface area contributed by atoms with Crippen LogP contribution in [0.5, 0.6) is 0 Å². The lowest BCUT2D eigenvalue weighted by Gasteiger charge is -2.41. The van der Waals surface area contributed by atoms with Crippen LogP contribution in [0, 0.1) is 0 Å². The van der Waals surface area contributed by atoms with E-state index in [9.17, 15) is 9.66 Å². The summed E-state index contributed by atoms with van der Waals surface area (Å²) in [4.78, 5) is 17.0. The first-order valence-electron chi connectivity index (χ1n) is 11.2. The quantitative estimate of drug-likeness (QED) is 0.529. The van der Waals surface area contributed by atoms with E-state index < -0.39 is 11.2 Å². The molecule has 6 rings (SSSR count). The molecule has 33 heavy (non-hydrogen) atoms. The van der Waals surface area contributed by atoms with Crippen LogP contribution in [0.2, 0.25) is 5.02 Å². The smallest absolute Gasteiger partial charge is 0.228 e. The Morgan fingerprint density at radius 3 is 2.70 bits per heavy atom. The molecule has 0 unspecified atom stereocenters. The standard InChI is InChI=1S/C23H24ClN5O3S/c24-15-4-2-14(3-5-15)21-25-16-6-10-29(12-18(16)32-21)22-26-17-7-11-33(31)19(17)20(27-22)28-23(13-30)8-1-9-23/h2-5,30H,1,6-13H2,(H,26,27,28)/t33-/m1/s1. The van der Waals surface area contributed by atoms with Crippen LogP contribution in [0.4, 0.5) is 11.8 Å². The van der Waals surface area contributed by atoms with Crippen molar-refractivity contribution in [2.24, 2.45) is 0 Å². The molecule has 1 atom stereocenters. The molecule has 1 aliphatic carbocycles. The van der Waals surface area contributed by atoms with Gasteiger partial charge in [0.2, 0.25) is 16.7 Å². The van der Waals surface area contributed by atoms with Gasteiger partial charge in [-0.3, -0.25) is 0 Å². The van der Waals surface area contributed by atoms with Crippen LogP contribution in [-0.2, 0) is 30.6 Å². The summed E-state index contributed by atoms with van der Waals surface area (Å²) in [6.45, 7) is 1.26. The highest BCUT2D eigenvalue weighted by atomic mass is 35.5. The largest absolute Gasteiger partial charge is 0.611 e. The number of aromatic nitrogens is 3. The maximum Gasteiger partial charge on any atom is 0.228 e. The molecule has 2 aromatic heterocycles. The molecule has 3 aromatic rings. The summed E-state index contributed by atoms with van der Waals surface area (Å²) in [7, 11) is 0. The zero-order chi connectivity index (χ0) is 22.6. The predicted molar refractivity (Wildman–Crippen MR) is 126 cm³/mol. The van der Waals surface area contributed by atoms with Gasteiger partial charge in [0, 0.05) is 30.0 Å². The van der Waals surface area contributed by atoms with Crippen LogP contribution in [-0.4, -0.2) is 49.1 Å². The van der Waals surface area contributed by atoms with Crippen molar-refractivity contribution in [2.45, 2.75) is 49.1 Å². The lowest BCUT2D eigenvalue weighted by molar-refractivity contribution is 0.143. The lowest BCUT2D eigenvalue weighted by atomic mass is 9.77. The molecule has 2 aliphatic heterocycles. The maximum atomic E-state index is 12.7. The Kier molecular flexibility index (Phi) is 5.25. The van der Waals surface area contributed by atoms with E-state index in [0.717, 1.165) is 48.4 Å². The van der Waals surface area contributed by atoms with Gasteiger partial charge >= 0.3 is 0 Å². The minimum absolute atomic E-state index is 0.0341. The highest BCUT2D eigenvalue weighted by Gasteiger charge is 2.41. The van der Waals surface area contributed by atoms with E-state index in [1.807, 2.05) is 24.3 Å². The van der Waals surface area contributed by atoms with Crippen LogP contribution in [0.1, 0.15) is 36.4 Å². The first kappa shape index (κ1) is 21.2. The van der Waals surface area contributed by atoms with Crippen molar-refractivity contribution in [1.82, 2.24) is 15.0 Å². The molecule has 172 valence electrons. The van der Waals surface area contributed by atoms with Crippen molar-refractivity contribution in [3.63, 3.8) is 0 Å². The van der Waals surface area contributed by atoms with Gasteiger partial charge < -0.3 is 24.3 Å². The second kappa shape index (κ2) is 8.16. The molecule has 10 heteroatoms. The molecule has 0 bridgehead atoms. The number of hydrogen-bond acceptors (Lipinski definition) is 8. The number of nitrogens with one attached hydrogen (secondary N) is 1. The SMILES string of the molecule is [O-][S@+]1CCc2nc(N3CCc4nc(-c5ccc(Cl)cc5)oc4C3)nc(NC3(CO)CCC3)c21. The normalized spacial score (nSPS) is 20.8. The van der Waals surface area contributed by atoms with Crippen LogP contribution in [0.3, 0.4) is 0 Å². The second-order valence-corrected chi connectivity index (χ2v) is 10.9. The monoisotopic (exact) mass is 485 g/mol. The third kappa shape index (κ3) is 3.77. The first-order valence-corrected chi connectivity index (χ1v) is 12.9. The van der Waals surface area contributed by atoms with Gasteiger partial charge in [-0.05, 0) is 54.7 Å².